The van der Waals surface area contributed by atoms with E-state index in [1.54, 1.807) is 48.5 Å². The lowest BCUT2D eigenvalue weighted by Gasteiger charge is -2.14. The molecule has 0 aromatic heterocycles. The standard InChI is InChI=1S/C26H25BrCl2N2O5/c1-4-34-22-9-7-17(12-23(22)35-5-2)26(32)31-30-14-16-10-20(27)25(24(11-16)33-3)36-15-18-6-8-19(28)13-21(18)29/h6-14H,4-5,15H2,1-3H3,(H,31,32)/b30-14+. The largest absolute Gasteiger partial charge is 0.493 e. The van der Waals surface area contributed by atoms with Gasteiger partial charge in [-0.25, -0.2) is 5.43 Å². The molecule has 1 amide bonds. The van der Waals surface area contributed by atoms with Crippen molar-refractivity contribution >= 4 is 51.3 Å². The van der Waals surface area contributed by atoms with Crippen molar-refractivity contribution in [2.45, 2.75) is 20.5 Å². The predicted molar refractivity (Wildman–Crippen MR) is 145 cm³/mol. The number of halogens is 3. The highest BCUT2D eigenvalue weighted by Crippen LogP contribution is 2.37. The van der Waals surface area contributed by atoms with Crippen molar-refractivity contribution in [1.29, 1.82) is 0 Å². The van der Waals surface area contributed by atoms with Crippen LogP contribution in [0.2, 0.25) is 10.0 Å². The monoisotopic (exact) mass is 594 g/mol. The second kappa shape index (κ2) is 13.4. The van der Waals surface area contributed by atoms with Gasteiger partial charge in [-0.15, -0.1) is 0 Å². The van der Waals surface area contributed by atoms with Gasteiger partial charge < -0.3 is 18.9 Å². The molecule has 0 saturated heterocycles. The van der Waals surface area contributed by atoms with Gasteiger partial charge in [0.05, 0.1) is 31.0 Å². The van der Waals surface area contributed by atoms with Gasteiger partial charge in [0.1, 0.15) is 6.61 Å². The molecule has 36 heavy (non-hydrogen) atoms. The topological polar surface area (TPSA) is 78.4 Å². The van der Waals surface area contributed by atoms with Crippen LogP contribution < -0.4 is 24.4 Å². The maximum absolute atomic E-state index is 12.6. The maximum atomic E-state index is 12.6. The summed E-state index contributed by atoms with van der Waals surface area (Å²) in [5.41, 5.74) is 4.37. The van der Waals surface area contributed by atoms with Crippen molar-refractivity contribution in [1.82, 2.24) is 5.43 Å². The molecule has 0 spiro atoms. The molecule has 0 aliphatic carbocycles. The van der Waals surface area contributed by atoms with Gasteiger partial charge in [0, 0.05) is 21.2 Å². The fourth-order valence-electron chi connectivity index (χ4n) is 3.17. The van der Waals surface area contributed by atoms with Gasteiger partial charge in [-0.2, -0.15) is 5.10 Å². The van der Waals surface area contributed by atoms with Crippen LogP contribution in [0.5, 0.6) is 23.0 Å². The Balaban J connectivity index is 1.70. The van der Waals surface area contributed by atoms with Crippen molar-refractivity contribution in [3.05, 3.63) is 79.7 Å². The van der Waals surface area contributed by atoms with Gasteiger partial charge in [-0.05, 0) is 77.8 Å². The Hall–Kier alpha value is -2.94. The van der Waals surface area contributed by atoms with Crippen LogP contribution in [0.25, 0.3) is 0 Å². The number of hydrogen-bond donors (Lipinski definition) is 1. The highest BCUT2D eigenvalue weighted by atomic mass is 79.9. The van der Waals surface area contributed by atoms with Crippen molar-refractivity contribution in [3.8, 4) is 23.0 Å². The van der Waals surface area contributed by atoms with E-state index in [0.29, 0.717) is 61.9 Å². The first-order valence-electron chi connectivity index (χ1n) is 11.0. The maximum Gasteiger partial charge on any atom is 0.271 e. The summed E-state index contributed by atoms with van der Waals surface area (Å²) in [6.07, 6.45) is 1.50. The summed E-state index contributed by atoms with van der Waals surface area (Å²) in [5, 5.41) is 5.13. The molecule has 3 aromatic carbocycles. The van der Waals surface area contributed by atoms with Gasteiger partial charge >= 0.3 is 0 Å². The molecule has 190 valence electrons. The van der Waals surface area contributed by atoms with E-state index in [1.165, 1.54) is 13.3 Å². The summed E-state index contributed by atoms with van der Waals surface area (Å²) in [5.74, 6) is 1.68. The molecule has 0 radical (unpaired) electrons. The molecule has 0 saturated carbocycles. The number of hydrogen-bond acceptors (Lipinski definition) is 6. The molecule has 0 aliphatic rings. The fourth-order valence-corrected chi connectivity index (χ4v) is 4.20. The highest BCUT2D eigenvalue weighted by Gasteiger charge is 2.14. The summed E-state index contributed by atoms with van der Waals surface area (Å²) in [6.45, 7) is 4.91. The highest BCUT2D eigenvalue weighted by molar-refractivity contribution is 9.10. The normalized spacial score (nSPS) is 10.8. The zero-order valence-electron chi connectivity index (χ0n) is 19.9. The van der Waals surface area contributed by atoms with Crippen LogP contribution in [0.3, 0.4) is 0 Å². The van der Waals surface area contributed by atoms with Gasteiger partial charge in [0.2, 0.25) is 0 Å². The number of benzene rings is 3. The molecule has 10 heteroatoms. The van der Waals surface area contributed by atoms with E-state index in [0.717, 1.165) is 5.56 Å². The minimum Gasteiger partial charge on any atom is -0.493 e. The van der Waals surface area contributed by atoms with E-state index in [-0.39, 0.29) is 12.5 Å². The Morgan fingerprint density at radius 1 is 0.972 bits per heavy atom. The molecule has 3 rings (SSSR count). The molecule has 0 heterocycles. The van der Waals surface area contributed by atoms with E-state index in [2.05, 4.69) is 26.5 Å². The number of nitrogens with one attached hydrogen (secondary N) is 1. The van der Waals surface area contributed by atoms with Crippen LogP contribution >= 0.6 is 39.1 Å². The second-order valence-electron chi connectivity index (χ2n) is 7.29. The van der Waals surface area contributed by atoms with Gasteiger partial charge in [-0.1, -0.05) is 29.3 Å². The van der Waals surface area contributed by atoms with E-state index in [4.69, 9.17) is 42.1 Å². The zero-order chi connectivity index (χ0) is 26.1. The third-order valence-corrected chi connectivity index (χ3v) is 6.00. The fraction of sp³-hybridized carbons (Fsp3) is 0.231. The first-order valence-corrected chi connectivity index (χ1v) is 12.6. The zero-order valence-corrected chi connectivity index (χ0v) is 23.0. The predicted octanol–water partition coefficient (Wildman–Crippen LogP) is 6.90. The quantitative estimate of drug-likeness (QED) is 0.193. The number of methoxy groups -OCH3 is 1. The van der Waals surface area contributed by atoms with E-state index in [9.17, 15) is 4.79 Å². The Labute approximate surface area is 228 Å². The summed E-state index contributed by atoms with van der Waals surface area (Å²) < 4.78 is 23.2. The first-order chi connectivity index (χ1) is 17.4. The molecule has 0 fully saturated rings. The first kappa shape index (κ1) is 27.6. The van der Waals surface area contributed by atoms with E-state index in [1.807, 2.05) is 13.8 Å². The Morgan fingerprint density at radius 3 is 2.42 bits per heavy atom. The van der Waals surface area contributed by atoms with Crippen LogP contribution in [0.15, 0.2) is 58.1 Å². The average molecular weight is 596 g/mol. The van der Waals surface area contributed by atoms with E-state index >= 15 is 0 Å². The van der Waals surface area contributed by atoms with Gasteiger partial charge in [-0.3, -0.25) is 4.79 Å². The molecule has 0 aliphatic heterocycles. The minimum absolute atomic E-state index is 0.222. The minimum atomic E-state index is -0.388. The summed E-state index contributed by atoms with van der Waals surface area (Å²) in [4.78, 5) is 12.6. The molecule has 0 bridgehead atoms. The molecule has 0 atom stereocenters. The third kappa shape index (κ3) is 7.29. The van der Waals surface area contributed by atoms with Crippen molar-refractivity contribution in [2.24, 2.45) is 5.10 Å². The van der Waals surface area contributed by atoms with Crippen LogP contribution in [-0.4, -0.2) is 32.4 Å². The molecule has 1 N–H and O–H groups in total. The molecule has 7 nitrogen and oxygen atoms in total. The second-order valence-corrected chi connectivity index (χ2v) is 8.98. The number of rotatable bonds is 11. The number of nitrogens with zero attached hydrogens (tertiary/aromatic N) is 1. The molecule has 3 aromatic rings. The average Bonchev–Trinajstić information content (AvgIpc) is 2.85. The summed E-state index contributed by atoms with van der Waals surface area (Å²) in [7, 11) is 1.54. The molecular weight excluding hydrogens is 571 g/mol. The van der Waals surface area contributed by atoms with E-state index < -0.39 is 0 Å². The number of carbonyl (C=O) groups excluding carboxylic acids is 1. The Morgan fingerprint density at radius 2 is 1.72 bits per heavy atom. The van der Waals surface area contributed by atoms with Crippen LogP contribution in [0, 0.1) is 0 Å². The third-order valence-electron chi connectivity index (χ3n) is 4.82. The van der Waals surface area contributed by atoms with Crippen LogP contribution in [-0.2, 0) is 6.61 Å². The van der Waals surface area contributed by atoms with Crippen molar-refractivity contribution < 1.29 is 23.7 Å². The van der Waals surface area contributed by atoms with Gasteiger partial charge in [0.25, 0.3) is 5.91 Å². The lowest BCUT2D eigenvalue weighted by atomic mass is 10.2. The SMILES string of the molecule is CCOc1ccc(C(=O)N/N=C/c2cc(Br)c(OCc3ccc(Cl)cc3Cl)c(OC)c2)cc1OCC. The summed E-state index contributed by atoms with van der Waals surface area (Å²) in [6, 6.07) is 13.7. The lowest BCUT2D eigenvalue weighted by Crippen LogP contribution is -2.17. The number of carbonyl (C=O) groups is 1. The Bertz CT molecular complexity index is 1250. The van der Waals surface area contributed by atoms with Gasteiger partial charge in [0.15, 0.2) is 23.0 Å². The number of amides is 1. The molecule has 0 unspecified atom stereocenters. The summed E-state index contributed by atoms with van der Waals surface area (Å²) >= 11 is 15.7. The van der Waals surface area contributed by atoms with Crippen molar-refractivity contribution in [2.75, 3.05) is 20.3 Å². The van der Waals surface area contributed by atoms with Crippen LogP contribution in [0.4, 0.5) is 0 Å². The smallest absolute Gasteiger partial charge is 0.271 e. The van der Waals surface area contributed by atoms with Crippen LogP contribution in [0.1, 0.15) is 35.3 Å². The lowest BCUT2D eigenvalue weighted by molar-refractivity contribution is 0.0954. The number of hydrazone groups is 1. The molecular formula is C26H25BrCl2N2O5. The van der Waals surface area contributed by atoms with Crippen molar-refractivity contribution in [3.63, 3.8) is 0 Å². The number of ether oxygens (including phenoxy) is 4. The Kier molecular flexibility index (Phi) is 10.3.